The first kappa shape index (κ1) is 14.3. The van der Waals surface area contributed by atoms with Crippen molar-refractivity contribution in [1.29, 1.82) is 5.26 Å². The zero-order chi connectivity index (χ0) is 16.7. The average molecular weight is 317 g/mol. The van der Waals surface area contributed by atoms with E-state index in [1.54, 1.807) is 18.1 Å². The second-order valence-electron chi connectivity index (χ2n) is 5.76. The molecule has 2 aromatic carbocycles. The van der Waals surface area contributed by atoms with Gasteiger partial charge in [0.05, 0.1) is 25.2 Å². The topological polar surface area (TPSA) is 58.3 Å². The molecule has 0 spiro atoms. The fraction of sp³-hybridized carbons (Fsp3) is 0.158. The van der Waals surface area contributed by atoms with E-state index < -0.39 is 0 Å². The van der Waals surface area contributed by atoms with Crippen molar-refractivity contribution >= 4 is 22.5 Å². The van der Waals surface area contributed by atoms with Crippen molar-refractivity contribution in [1.82, 2.24) is 4.57 Å². The Morgan fingerprint density at radius 1 is 1.21 bits per heavy atom. The van der Waals surface area contributed by atoms with E-state index in [0.717, 1.165) is 22.2 Å². The van der Waals surface area contributed by atoms with Crippen molar-refractivity contribution < 1.29 is 9.53 Å². The van der Waals surface area contributed by atoms with E-state index in [1.807, 2.05) is 47.2 Å². The molecule has 0 atom stereocenters. The van der Waals surface area contributed by atoms with Gasteiger partial charge >= 0.3 is 0 Å². The van der Waals surface area contributed by atoms with Crippen LogP contribution in [0.2, 0.25) is 0 Å². The molecule has 2 heterocycles. The standard InChI is InChI=1S/C19H15N3O2/c1-24-16-5-3-14-12-22(19(23)17(14)11-16)15-4-2-13-6-8-21(9-7-20)18(13)10-15/h2-6,8,10-11H,9,12H2,1H3. The number of benzene rings is 2. The van der Waals surface area contributed by atoms with Gasteiger partial charge in [0, 0.05) is 17.4 Å². The van der Waals surface area contributed by atoms with Crippen molar-refractivity contribution in [2.75, 3.05) is 12.0 Å². The summed E-state index contributed by atoms with van der Waals surface area (Å²) in [6, 6.07) is 15.6. The van der Waals surface area contributed by atoms with Crippen LogP contribution in [0.5, 0.6) is 5.75 Å². The zero-order valence-corrected chi connectivity index (χ0v) is 13.2. The highest BCUT2D eigenvalue weighted by molar-refractivity contribution is 6.10. The third kappa shape index (κ3) is 2.12. The van der Waals surface area contributed by atoms with Gasteiger partial charge in [-0.3, -0.25) is 4.79 Å². The van der Waals surface area contributed by atoms with Crippen LogP contribution in [0.3, 0.4) is 0 Å². The first-order chi connectivity index (χ1) is 11.7. The Labute approximate surface area is 139 Å². The van der Waals surface area contributed by atoms with Gasteiger partial charge in [0.15, 0.2) is 0 Å². The molecule has 0 N–H and O–H groups in total. The molecule has 0 unspecified atom stereocenters. The lowest BCUT2D eigenvalue weighted by molar-refractivity contribution is 0.0996. The molecule has 0 aliphatic carbocycles. The molecule has 0 saturated heterocycles. The highest BCUT2D eigenvalue weighted by Gasteiger charge is 2.29. The molecular weight excluding hydrogens is 302 g/mol. The first-order valence-corrected chi connectivity index (χ1v) is 7.66. The van der Waals surface area contributed by atoms with E-state index in [4.69, 9.17) is 10.00 Å². The van der Waals surface area contributed by atoms with Gasteiger partial charge in [-0.1, -0.05) is 12.1 Å². The molecule has 0 radical (unpaired) electrons. The van der Waals surface area contributed by atoms with Crippen LogP contribution in [0, 0.1) is 11.3 Å². The van der Waals surface area contributed by atoms with E-state index in [9.17, 15) is 4.79 Å². The summed E-state index contributed by atoms with van der Waals surface area (Å²) in [5.41, 5.74) is 3.46. The summed E-state index contributed by atoms with van der Waals surface area (Å²) in [4.78, 5) is 14.5. The molecule has 24 heavy (non-hydrogen) atoms. The lowest BCUT2D eigenvalue weighted by Crippen LogP contribution is -2.22. The Kier molecular flexibility index (Phi) is 3.24. The summed E-state index contributed by atoms with van der Waals surface area (Å²) in [6.07, 6.45) is 1.89. The molecule has 5 heteroatoms. The number of carbonyl (C=O) groups excluding carboxylic acids is 1. The molecular formula is C19H15N3O2. The van der Waals surface area contributed by atoms with Crippen molar-refractivity contribution in [3.05, 3.63) is 59.8 Å². The minimum atomic E-state index is -0.0263. The van der Waals surface area contributed by atoms with Crippen LogP contribution >= 0.6 is 0 Å². The molecule has 3 aromatic rings. The summed E-state index contributed by atoms with van der Waals surface area (Å²) in [5.74, 6) is 0.656. The number of rotatable bonds is 3. The maximum atomic E-state index is 12.8. The molecule has 0 fully saturated rings. The predicted octanol–water partition coefficient (Wildman–Crippen LogP) is 3.33. The van der Waals surface area contributed by atoms with Gasteiger partial charge in [-0.2, -0.15) is 5.26 Å². The summed E-state index contributed by atoms with van der Waals surface area (Å²) in [5, 5.41) is 10.00. The van der Waals surface area contributed by atoms with Crippen LogP contribution in [0.1, 0.15) is 15.9 Å². The Morgan fingerprint density at radius 3 is 2.88 bits per heavy atom. The molecule has 118 valence electrons. The summed E-state index contributed by atoms with van der Waals surface area (Å²) < 4.78 is 7.10. The molecule has 1 amide bonds. The summed E-state index contributed by atoms with van der Waals surface area (Å²) in [6.45, 7) is 0.834. The van der Waals surface area contributed by atoms with Gasteiger partial charge < -0.3 is 14.2 Å². The summed E-state index contributed by atoms with van der Waals surface area (Å²) >= 11 is 0. The smallest absolute Gasteiger partial charge is 0.259 e. The van der Waals surface area contributed by atoms with E-state index in [1.165, 1.54) is 0 Å². The molecule has 1 aromatic heterocycles. The van der Waals surface area contributed by atoms with Crippen LogP contribution in [0.25, 0.3) is 10.9 Å². The SMILES string of the molecule is COc1ccc2c(c1)C(=O)N(c1ccc3ccn(CC#N)c3c1)C2. The highest BCUT2D eigenvalue weighted by atomic mass is 16.5. The molecule has 4 rings (SSSR count). The first-order valence-electron chi connectivity index (χ1n) is 7.66. The van der Waals surface area contributed by atoms with E-state index in [2.05, 4.69) is 6.07 Å². The number of nitrogens with zero attached hydrogens (tertiary/aromatic N) is 3. The third-order valence-corrected chi connectivity index (χ3v) is 4.43. The van der Waals surface area contributed by atoms with E-state index >= 15 is 0 Å². The van der Waals surface area contributed by atoms with Gasteiger partial charge in [-0.05, 0) is 41.3 Å². The van der Waals surface area contributed by atoms with E-state index in [0.29, 0.717) is 24.4 Å². The fourth-order valence-electron chi connectivity index (χ4n) is 3.17. The number of methoxy groups -OCH3 is 1. The third-order valence-electron chi connectivity index (χ3n) is 4.43. The number of aromatic nitrogens is 1. The number of fused-ring (bicyclic) bond motifs is 2. The molecule has 5 nitrogen and oxygen atoms in total. The van der Waals surface area contributed by atoms with Crippen molar-refractivity contribution in [3.63, 3.8) is 0 Å². The molecule has 0 bridgehead atoms. The van der Waals surface area contributed by atoms with Crippen molar-refractivity contribution in [2.45, 2.75) is 13.1 Å². The van der Waals surface area contributed by atoms with Crippen LogP contribution < -0.4 is 9.64 Å². The lowest BCUT2D eigenvalue weighted by Gasteiger charge is -2.16. The minimum Gasteiger partial charge on any atom is -0.497 e. The van der Waals surface area contributed by atoms with Crippen LogP contribution in [0.4, 0.5) is 5.69 Å². The Balaban J connectivity index is 1.74. The van der Waals surface area contributed by atoms with Crippen molar-refractivity contribution in [2.24, 2.45) is 0 Å². The Hall–Kier alpha value is -3.26. The average Bonchev–Trinajstić information content (AvgIpc) is 3.16. The van der Waals surface area contributed by atoms with Crippen molar-refractivity contribution in [3.8, 4) is 11.8 Å². The summed E-state index contributed by atoms with van der Waals surface area (Å²) in [7, 11) is 1.59. The number of nitriles is 1. The number of anilines is 1. The number of amides is 1. The Morgan fingerprint density at radius 2 is 2.08 bits per heavy atom. The number of hydrogen-bond acceptors (Lipinski definition) is 3. The minimum absolute atomic E-state index is 0.0263. The van der Waals surface area contributed by atoms with Gasteiger partial charge in [0.25, 0.3) is 5.91 Å². The number of carbonyl (C=O) groups is 1. The fourth-order valence-corrected chi connectivity index (χ4v) is 3.17. The second-order valence-corrected chi connectivity index (χ2v) is 5.76. The molecule has 1 aliphatic rings. The van der Waals surface area contributed by atoms with Crippen LogP contribution in [-0.2, 0) is 13.1 Å². The van der Waals surface area contributed by atoms with Gasteiger partial charge in [0.2, 0.25) is 0 Å². The largest absolute Gasteiger partial charge is 0.497 e. The number of hydrogen-bond donors (Lipinski definition) is 0. The van der Waals surface area contributed by atoms with Gasteiger partial charge in [-0.15, -0.1) is 0 Å². The quantitative estimate of drug-likeness (QED) is 0.744. The van der Waals surface area contributed by atoms with E-state index in [-0.39, 0.29) is 5.91 Å². The maximum Gasteiger partial charge on any atom is 0.259 e. The monoisotopic (exact) mass is 317 g/mol. The Bertz CT molecular complexity index is 998. The predicted molar refractivity (Wildman–Crippen MR) is 91.1 cm³/mol. The van der Waals surface area contributed by atoms with Crippen LogP contribution in [0.15, 0.2) is 48.7 Å². The maximum absolute atomic E-state index is 12.8. The molecule has 0 saturated carbocycles. The second kappa shape index (κ2) is 5.43. The normalized spacial score (nSPS) is 13.2. The zero-order valence-electron chi connectivity index (χ0n) is 13.2. The number of ether oxygens (including phenoxy) is 1. The highest BCUT2D eigenvalue weighted by Crippen LogP contribution is 2.32. The lowest BCUT2D eigenvalue weighted by atomic mass is 10.1. The van der Waals surface area contributed by atoms with Gasteiger partial charge in [0.1, 0.15) is 12.3 Å². The molecule has 1 aliphatic heterocycles. The van der Waals surface area contributed by atoms with Crippen LogP contribution in [-0.4, -0.2) is 17.6 Å². The van der Waals surface area contributed by atoms with Gasteiger partial charge in [-0.25, -0.2) is 0 Å².